The molecule has 0 unspecified atom stereocenters. The standard InChI is InChI=1S/C9H18O2Si/c1-4-7-10-9(12-6-3)11-8-5-2/h6,9H,3-5,7-8H2,1-2H3. The third kappa shape index (κ3) is 6.58. The predicted molar refractivity (Wildman–Crippen MR) is 52.2 cm³/mol. The van der Waals surface area contributed by atoms with E-state index in [1.54, 1.807) is 0 Å². The minimum atomic E-state index is -0.0533. The van der Waals surface area contributed by atoms with Gasteiger partial charge in [-0.3, -0.25) is 0 Å². The van der Waals surface area contributed by atoms with E-state index in [9.17, 15) is 0 Å². The fraction of sp³-hybridized carbons (Fsp3) is 0.778. The molecule has 0 bridgehead atoms. The van der Waals surface area contributed by atoms with Crippen molar-refractivity contribution in [1.82, 2.24) is 0 Å². The molecule has 3 heteroatoms. The zero-order valence-electron chi connectivity index (χ0n) is 8.01. The van der Waals surface area contributed by atoms with E-state index >= 15 is 0 Å². The second kappa shape index (κ2) is 8.97. The van der Waals surface area contributed by atoms with Crippen LogP contribution in [-0.4, -0.2) is 28.6 Å². The van der Waals surface area contributed by atoms with Gasteiger partial charge in [0.05, 0.1) is 0 Å². The smallest absolute Gasteiger partial charge is 0.147 e. The van der Waals surface area contributed by atoms with Crippen LogP contribution in [0.15, 0.2) is 12.3 Å². The van der Waals surface area contributed by atoms with Crippen LogP contribution in [0.4, 0.5) is 0 Å². The van der Waals surface area contributed by atoms with Crippen molar-refractivity contribution in [3.8, 4) is 0 Å². The van der Waals surface area contributed by atoms with Crippen LogP contribution < -0.4 is 0 Å². The van der Waals surface area contributed by atoms with Crippen LogP contribution in [0, 0.1) is 0 Å². The van der Waals surface area contributed by atoms with Crippen LogP contribution in [0.1, 0.15) is 26.7 Å². The zero-order chi connectivity index (χ0) is 9.23. The molecule has 0 saturated heterocycles. The van der Waals surface area contributed by atoms with Gasteiger partial charge in [0.1, 0.15) is 15.4 Å². The molecule has 12 heavy (non-hydrogen) atoms. The SMILES string of the molecule is C=C[Si]C(OCCC)OCCC. The van der Waals surface area contributed by atoms with Crippen molar-refractivity contribution < 1.29 is 9.47 Å². The van der Waals surface area contributed by atoms with Gasteiger partial charge in [-0.05, 0) is 12.8 Å². The molecule has 0 aromatic rings. The molecule has 0 aromatic heterocycles. The third-order valence-corrected chi connectivity index (χ3v) is 2.04. The summed E-state index contributed by atoms with van der Waals surface area (Å²) in [4.78, 5) is 0. The summed E-state index contributed by atoms with van der Waals surface area (Å²) >= 11 is 0. The summed E-state index contributed by atoms with van der Waals surface area (Å²) in [6, 6.07) is 0. The molecule has 0 saturated carbocycles. The normalized spacial score (nSPS) is 10.6. The van der Waals surface area contributed by atoms with Crippen molar-refractivity contribution in [1.29, 1.82) is 0 Å². The Bertz CT molecular complexity index is 98.7. The predicted octanol–water partition coefficient (Wildman–Crippen LogP) is 1.97. The molecular formula is C9H18O2Si. The molecule has 0 atom stereocenters. The molecule has 0 aliphatic heterocycles. The maximum atomic E-state index is 5.45. The van der Waals surface area contributed by atoms with Crippen LogP contribution in [0.2, 0.25) is 0 Å². The van der Waals surface area contributed by atoms with Gasteiger partial charge in [-0.2, -0.15) is 0 Å². The Hall–Kier alpha value is -0.123. The highest BCUT2D eigenvalue weighted by Crippen LogP contribution is 1.96. The number of rotatable bonds is 8. The first-order valence-corrected chi connectivity index (χ1v) is 5.60. The van der Waals surface area contributed by atoms with Gasteiger partial charge in [-0.1, -0.05) is 13.8 Å². The first-order valence-electron chi connectivity index (χ1n) is 4.45. The second-order valence-corrected chi connectivity index (χ2v) is 3.66. The summed E-state index contributed by atoms with van der Waals surface area (Å²) < 4.78 is 10.9. The summed E-state index contributed by atoms with van der Waals surface area (Å²) in [6.45, 7) is 9.40. The number of ether oxygens (including phenoxy) is 2. The van der Waals surface area contributed by atoms with Gasteiger partial charge < -0.3 is 9.47 Å². The van der Waals surface area contributed by atoms with Gasteiger partial charge in [0.2, 0.25) is 0 Å². The van der Waals surface area contributed by atoms with Crippen LogP contribution >= 0.6 is 0 Å². The molecule has 0 heterocycles. The Kier molecular flexibility index (Phi) is 8.88. The molecule has 2 nitrogen and oxygen atoms in total. The molecular weight excluding hydrogens is 168 g/mol. The lowest BCUT2D eigenvalue weighted by molar-refractivity contribution is -0.0895. The van der Waals surface area contributed by atoms with Crippen LogP contribution in [0.3, 0.4) is 0 Å². The highest BCUT2D eigenvalue weighted by Gasteiger charge is 2.06. The Balaban J connectivity index is 3.46. The van der Waals surface area contributed by atoms with Crippen LogP contribution in [0.25, 0.3) is 0 Å². The fourth-order valence-corrected chi connectivity index (χ4v) is 1.31. The minimum Gasteiger partial charge on any atom is -0.357 e. The van der Waals surface area contributed by atoms with Crippen molar-refractivity contribution in [2.75, 3.05) is 13.2 Å². The lowest BCUT2D eigenvalue weighted by Gasteiger charge is -2.15. The topological polar surface area (TPSA) is 18.5 Å². The Morgan fingerprint density at radius 1 is 1.25 bits per heavy atom. The first kappa shape index (κ1) is 11.9. The average Bonchev–Trinajstić information content (AvgIpc) is 2.10. The Morgan fingerprint density at radius 2 is 1.75 bits per heavy atom. The van der Waals surface area contributed by atoms with Crippen LogP contribution in [0.5, 0.6) is 0 Å². The molecule has 0 N–H and O–H groups in total. The monoisotopic (exact) mass is 186 g/mol. The van der Waals surface area contributed by atoms with Crippen molar-refractivity contribution in [2.45, 2.75) is 32.6 Å². The summed E-state index contributed by atoms with van der Waals surface area (Å²) in [5.74, 6) is -0.0533. The average molecular weight is 186 g/mol. The van der Waals surface area contributed by atoms with Gasteiger partial charge >= 0.3 is 0 Å². The quantitative estimate of drug-likeness (QED) is 0.426. The third-order valence-electron chi connectivity index (χ3n) is 1.20. The maximum absolute atomic E-state index is 5.45. The molecule has 70 valence electrons. The van der Waals surface area contributed by atoms with Crippen LogP contribution in [-0.2, 0) is 9.47 Å². The molecule has 0 aliphatic rings. The van der Waals surface area contributed by atoms with E-state index < -0.39 is 0 Å². The van der Waals surface area contributed by atoms with E-state index in [1.807, 2.05) is 5.70 Å². The Morgan fingerprint density at radius 3 is 2.08 bits per heavy atom. The highest BCUT2D eigenvalue weighted by molar-refractivity contribution is 6.42. The molecule has 0 amide bonds. The van der Waals surface area contributed by atoms with E-state index in [4.69, 9.17) is 9.47 Å². The van der Waals surface area contributed by atoms with Gasteiger partial charge in [0.25, 0.3) is 0 Å². The van der Waals surface area contributed by atoms with Crippen molar-refractivity contribution >= 4 is 9.52 Å². The molecule has 0 rings (SSSR count). The van der Waals surface area contributed by atoms with E-state index in [0.29, 0.717) is 9.52 Å². The minimum absolute atomic E-state index is 0.0533. The largest absolute Gasteiger partial charge is 0.357 e. The van der Waals surface area contributed by atoms with Gasteiger partial charge in [0, 0.05) is 13.2 Å². The van der Waals surface area contributed by atoms with Crippen molar-refractivity contribution in [3.05, 3.63) is 12.3 Å². The van der Waals surface area contributed by atoms with E-state index in [0.717, 1.165) is 26.1 Å². The summed E-state index contributed by atoms with van der Waals surface area (Å²) in [6.07, 6.45) is 2.07. The van der Waals surface area contributed by atoms with Crippen molar-refractivity contribution in [3.63, 3.8) is 0 Å². The summed E-state index contributed by atoms with van der Waals surface area (Å²) in [5.41, 5.74) is 1.86. The summed E-state index contributed by atoms with van der Waals surface area (Å²) in [7, 11) is 0.545. The molecule has 0 aromatic carbocycles. The Labute approximate surface area is 77.8 Å². The van der Waals surface area contributed by atoms with E-state index in [-0.39, 0.29) is 5.91 Å². The van der Waals surface area contributed by atoms with Gasteiger partial charge in [-0.25, -0.2) is 0 Å². The molecule has 2 radical (unpaired) electrons. The van der Waals surface area contributed by atoms with E-state index in [1.165, 1.54) is 0 Å². The van der Waals surface area contributed by atoms with Crippen molar-refractivity contribution in [2.24, 2.45) is 0 Å². The second-order valence-electron chi connectivity index (χ2n) is 2.44. The fourth-order valence-electron chi connectivity index (χ4n) is 0.690. The van der Waals surface area contributed by atoms with Gasteiger partial charge in [-0.15, -0.1) is 12.3 Å². The van der Waals surface area contributed by atoms with E-state index in [2.05, 4.69) is 20.4 Å². The highest BCUT2D eigenvalue weighted by atomic mass is 28.2. The maximum Gasteiger partial charge on any atom is 0.147 e. The lowest BCUT2D eigenvalue weighted by Crippen LogP contribution is -2.24. The zero-order valence-corrected chi connectivity index (χ0v) is 9.01. The molecule has 0 spiro atoms. The molecule has 0 aliphatic carbocycles. The lowest BCUT2D eigenvalue weighted by atomic mass is 10.5. The van der Waals surface area contributed by atoms with Gasteiger partial charge in [0.15, 0.2) is 0 Å². The number of hydrogen-bond acceptors (Lipinski definition) is 2. The first-order chi connectivity index (χ1) is 5.85. The number of hydrogen-bond donors (Lipinski definition) is 0. The summed E-state index contributed by atoms with van der Waals surface area (Å²) in [5, 5.41) is 0. The molecule has 0 fully saturated rings.